The van der Waals surface area contributed by atoms with Gasteiger partial charge in [-0.3, -0.25) is 4.72 Å². The summed E-state index contributed by atoms with van der Waals surface area (Å²) in [5, 5.41) is 9.69. The van der Waals surface area contributed by atoms with Gasteiger partial charge in [0.1, 0.15) is 0 Å². The quantitative estimate of drug-likeness (QED) is 0.750. The number of hydrogen-bond donors (Lipinski definition) is 2. The molecule has 1 atom stereocenters. The van der Waals surface area contributed by atoms with Crippen LogP contribution < -0.4 is 14.5 Å². The molecule has 8 heteroatoms. The number of nitrogens with zero attached hydrogens (tertiary/aromatic N) is 2. The lowest BCUT2D eigenvalue weighted by Crippen LogP contribution is -2.52. The van der Waals surface area contributed by atoms with Gasteiger partial charge in [0.25, 0.3) is 0 Å². The Morgan fingerprint density at radius 3 is 2.59 bits per heavy atom. The molecule has 1 saturated heterocycles. The third kappa shape index (κ3) is 4.82. The molecule has 0 amide bonds. The fraction of sp³-hybridized carbons (Fsp3) is 0.381. The molecule has 0 spiro atoms. The molecular weight excluding hydrogens is 390 g/mol. The summed E-state index contributed by atoms with van der Waals surface area (Å²) in [6.45, 7) is 7.85. The molecule has 7 nitrogen and oxygen atoms in total. The summed E-state index contributed by atoms with van der Waals surface area (Å²) in [4.78, 5) is 16.2. The van der Waals surface area contributed by atoms with Gasteiger partial charge in [-0.25, -0.2) is 13.2 Å². The molecule has 3 rings (SSSR count). The van der Waals surface area contributed by atoms with Crippen molar-refractivity contribution in [2.24, 2.45) is 0 Å². The maximum atomic E-state index is 11.8. The Morgan fingerprint density at radius 2 is 1.97 bits per heavy atom. The number of sulfonamides is 1. The number of aryl methyl sites for hydroxylation is 1. The summed E-state index contributed by atoms with van der Waals surface area (Å²) in [6, 6.07) is 13.3. The minimum atomic E-state index is -3.47. The Morgan fingerprint density at radius 1 is 1.21 bits per heavy atom. The van der Waals surface area contributed by atoms with Crippen LogP contribution in [-0.4, -0.2) is 50.9 Å². The van der Waals surface area contributed by atoms with Crippen LogP contribution >= 0.6 is 0 Å². The van der Waals surface area contributed by atoms with Crippen LogP contribution in [0.15, 0.2) is 42.5 Å². The highest BCUT2D eigenvalue weighted by atomic mass is 32.2. The normalized spacial score (nSPS) is 17.3. The number of carboxylic acids is 1. The molecule has 29 heavy (non-hydrogen) atoms. The van der Waals surface area contributed by atoms with Crippen molar-refractivity contribution in [3.05, 3.63) is 53.6 Å². The molecule has 0 unspecified atom stereocenters. The predicted molar refractivity (Wildman–Crippen MR) is 117 cm³/mol. The maximum Gasteiger partial charge on any atom is 0.337 e. The van der Waals surface area contributed by atoms with Crippen molar-refractivity contribution in [2.45, 2.75) is 26.8 Å². The summed E-state index contributed by atoms with van der Waals surface area (Å²) in [7, 11) is -3.47. The Hall–Kier alpha value is -2.74. The van der Waals surface area contributed by atoms with Crippen molar-refractivity contribution >= 4 is 33.1 Å². The van der Waals surface area contributed by atoms with E-state index in [1.165, 1.54) is 24.2 Å². The van der Waals surface area contributed by atoms with Gasteiger partial charge < -0.3 is 14.9 Å². The van der Waals surface area contributed by atoms with E-state index in [-0.39, 0.29) is 23.0 Å². The molecule has 0 aromatic heterocycles. The van der Waals surface area contributed by atoms with Gasteiger partial charge in [-0.05, 0) is 56.7 Å². The first-order valence-corrected chi connectivity index (χ1v) is 11.3. The molecular formula is C21H27N3O4S. The minimum absolute atomic E-state index is 0.0738. The highest BCUT2D eigenvalue weighted by Gasteiger charge is 2.27. The van der Waals surface area contributed by atoms with Crippen LogP contribution in [0.2, 0.25) is 0 Å². The number of benzene rings is 2. The van der Waals surface area contributed by atoms with Crippen molar-refractivity contribution in [3.8, 4) is 0 Å². The third-order valence-electron chi connectivity index (χ3n) is 5.18. The topological polar surface area (TPSA) is 90.0 Å². The summed E-state index contributed by atoms with van der Waals surface area (Å²) in [6.07, 6.45) is 0. The van der Waals surface area contributed by atoms with E-state index in [4.69, 9.17) is 0 Å². The van der Waals surface area contributed by atoms with E-state index < -0.39 is 16.0 Å². The molecule has 2 N–H and O–H groups in total. The summed E-state index contributed by atoms with van der Waals surface area (Å²) in [5.41, 5.74) is 3.33. The maximum absolute atomic E-state index is 11.8. The Kier molecular flexibility index (Phi) is 6.02. The lowest BCUT2D eigenvalue weighted by molar-refractivity contribution is 0.0697. The molecule has 1 aliphatic heterocycles. The number of carboxylic acid groups (broad SMARTS) is 1. The van der Waals surface area contributed by atoms with E-state index >= 15 is 0 Å². The van der Waals surface area contributed by atoms with E-state index in [1.807, 2.05) is 6.07 Å². The van der Waals surface area contributed by atoms with Crippen molar-refractivity contribution in [1.29, 1.82) is 0 Å². The molecule has 2 aromatic rings. The van der Waals surface area contributed by atoms with Crippen LogP contribution in [0, 0.1) is 6.92 Å². The smallest absolute Gasteiger partial charge is 0.337 e. The molecule has 156 valence electrons. The Bertz CT molecular complexity index is 1010. The highest BCUT2D eigenvalue weighted by molar-refractivity contribution is 7.92. The van der Waals surface area contributed by atoms with Crippen LogP contribution in [0.5, 0.6) is 0 Å². The van der Waals surface area contributed by atoms with Gasteiger partial charge in [0.05, 0.1) is 17.0 Å². The zero-order valence-corrected chi connectivity index (χ0v) is 17.7. The molecule has 2 aromatic carbocycles. The fourth-order valence-electron chi connectivity index (χ4n) is 3.66. The second-order valence-electron chi connectivity index (χ2n) is 7.37. The lowest BCUT2D eigenvalue weighted by atomic mass is 10.1. The molecule has 0 radical (unpaired) electrons. The second-order valence-corrected chi connectivity index (χ2v) is 9.38. The van der Waals surface area contributed by atoms with E-state index in [2.05, 4.69) is 46.6 Å². The van der Waals surface area contributed by atoms with Crippen molar-refractivity contribution in [3.63, 3.8) is 0 Å². The lowest BCUT2D eigenvalue weighted by Gasteiger charge is -2.42. The van der Waals surface area contributed by atoms with Crippen molar-refractivity contribution < 1.29 is 18.3 Å². The standard InChI is InChI=1S/C21H27N3O4S/c1-4-29(27,28)22-17-8-9-20(19(13-17)21(25)26)23-10-11-24(16(3)14-23)18-7-5-6-15(2)12-18/h5-9,12-13,16,22H,4,10-11,14H2,1-3H3,(H,25,26)/t16-/m1/s1. The first-order chi connectivity index (χ1) is 13.7. The number of nitrogens with one attached hydrogen (secondary N) is 1. The van der Waals surface area contributed by atoms with Gasteiger partial charge in [-0.2, -0.15) is 0 Å². The van der Waals surface area contributed by atoms with Crippen molar-refractivity contribution in [2.75, 3.05) is 39.9 Å². The zero-order chi connectivity index (χ0) is 21.2. The number of rotatable bonds is 6. The molecule has 1 fully saturated rings. The summed E-state index contributed by atoms with van der Waals surface area (Å²) >= 11 is 0. The van der Waals surface area contributed by atoms with E-state index in [1.54, 1.807) is 12.1 Å². The molecule has 0 saturated carbocycles. The Labute approximate surface area is 172 Å². The average Bonchev–Trinajstić information content (AvgIpc) is 2.67. The molecule has 0 bridgehead atoms. The number of anilines is 3. The predicted octanol–water partition coefficient (Wildman–Crippen LogP) is 3.17. The first-order valence-electron chi connectivity index (χ1n) is 9.66. The van der Waals surface area contributed by atoms with E-state index in [0.29, 0.717) is 18.8 Å². The monoisotopic (exact) mass is 417 g/mol. The van der Waals surface area contributed by atoms with Crippen LogP contribution in [0.3, 0.4) is 0 Å². The Balaban J connectivity index is 1.83. The van der Waals surface area contributed by atoms with Crippen LogP contribution in [-0.2, 0) is 10.0 Å². The summed E-state index contributed by atoms with van der Waals surface area (Å²) in [5.74, 6) is -1.15. The van der Waals surface area contributed by atoms with Crippen LogP contribution in [0.1, 0.15) is 29.8 Å². The molecule has 0 aliphatic carbocycles. The fourth-order valence-corrected chi connectivity index (χ4v) is 4.30. The number of carbonyl (C=O) groups is 1. The second kappa shape index (κ2) is 8.32. The third-order valence-corrected chi connectivity index (χ3v) is 6.49. The van der Waals surface area contributed by atoms with E-state index in [9.17, 15) is 18.3 Å². The largest absolute Gasteiger partial charge is 0.478 e. The van der Waals surface area contributed by atoms with Gasteiger partial charge in [-0.15, -0.1) is 0 Å². The number of aromatic carboxylic acids is 1. The van der Waals surface area contributed by atoms with Crippen molar-refractivity contribution in [1.82, 2.24) is 0 Å². The average molecular weight is 418 g/mol. The highest BCUT2D eigenvalue weighted by Crippen LogP contribution is 2.29. The van der Waals surface area contributed by atoms with Gasteiger partial charge in [0.2, 0.25) is 10.0 Å². The van der Waals surface area contributed by atoms with Gasteiger partial charge in [0, 0.05) is 37.1 Å². The van der Waals surface area contributed by atoms with Crippen LogP contribution in [0.4, 0.5) is 17.1 Å². The number of hydrogen-bond acceptors (Lipinski definition) is 5. The minimum Gasteiger partial charge on any atom is -0.478 e. The van der Waals surface area contributed by atoms with Gasteiger partial charge >= 0.3 is 5.97 Å². The molecule has 1 heterocycles. The van der Waals surface area contributed by atoms with E-state index in [0.717, 1.165) is 6.54 Å². The molecule has 1 aliphatic rings. The zero-order valence-electron chi connectivity index (χ0n) is 16.9. The number of piperazine rings is 1. The van der Waals surface area contributed by atoms with Crippen LogP contribution in [0.25, 0.3) is 0 Å². The SMILES string of the molecule is CCS(=O)(=O)Nc1ccc(N2CCN(c3cccc(C)c3)[C@H](C)C2)c(C(=O)O)c1. The van der Waals surface area contributed by atoms with Gasteiger partial charge in [-0.1, -0.05) is 12.1 Å². The van der Waals surface area contributed by atoms with Gasteiger partial charge in [0.15, 0.2) is 0 Å². The summed E-state index contributed by atoms with van der Waals surface area (Å²) < 4.78 is 26.0. The first kappa shape index (κ1) is 21.0.